The predicted molar refractivity (Wildman–Crippen MR) is 102 cm³/mol. The average Bonchev–Trinajstić information content (AvgIpc) is 3.07. The molecule has 6 heteroatoms. The second-order valence-corrected chi connectivity index (χ2v) is 8.64. The van der Waals surface area contributed by atoms with Gasteiger partial charge in [0, 0.05) is 17.5 Å². The van der Waals surface area contributed by atoms with Crippen LogP contribution >= 0.6 is 11.3 Å². The van der Waals surface area contributed by atoms with Crippen LogP contribution < -0.4 is 0 Å². The van der Waals surface area contributed by atoms with Gasteiger partial charge >= 0.3 is 5.97 Å². The topological polar surface area (TPSA) is 59.5 Å². The third-order valence-electron chi connectivity index (χ3n) is 5.57. The summed E-state index contributed by atoms with van der Waals surface area (Å²) in [5.74, 6) is -0.373. The molecule has 2 aliphatic rings. The maximum Gasteiger partial charge on any atom is 0.312 e. The molecule has 1 aromatic heterocycles. The van der Waals surface area contributed by atoms with Gasteiger partial charge < -0.3 is 9.64 Å². The van der Waals surface area contributed by atoms with E-state index >= 15 is 0 Å². The fourth-order valence-corrected chi connectivity index (χ4v) is 4.94. The van der Waals surface area contributed by atoms with E-state index in [9.17, 15) is 9.59 Å². The molecular formula is C20H30N2O3S. The van der Waals surface area contributed by atoms with Crippen LogP contribution in [0.5, 0.6) is 0 Å². The molecule has 26 heavy (non-hydrogen) atoms. The molecule has 1 amide bonds. The van der Waals surface area contributed by atoms with Gasteiger partial charge in [0.15, 0.2) is 6.61 Å². The standard InChI is InChI=1S/C20H30N2O3S/c1-15-21-16(14-26-15)12-20(24)25-13-19(23)22(17-8-4-2-5-9-17)18-10-6-3-7-11-18/h14,17-18H,2-13H2,1H3. The average molecular weight is 379 g/mol. The molecule has 2 aliphatic carbocycles. The fraction of sp³-hybridized carbons (Fsp3) is 0.750. The predicted octanol–water partition coefficient (Wildman–Crippen LogP) is 4.03. The van der Waals surface area contributed by atoms with Gasteiger partial charge in [0.05, 0.1) is 17.1 Å². The van der Waals surface area contributed by atoms with Crippen molar-refractivity contribution in [1.29, 1.82) is 0 Å². The van der Waals surface area contributed by atoms with E-state index in [-0.39, 0.29) is 24.9 Å². The Kier molecular flexibility index (Phi) is 7.06. The fourth-order valence-electron chi connectivity index (χ4n) is 4.33. The Labute approximate surface area is 160 Å². The molecule has 3 rings (SSSR count). The molecular weight excluding hydrogens is 348 g/mol. The lowest BCUT2D eigenvalue weighted by Gasteiger charge is -2.41. The lowest BCUT2D eigenvalue weighted by molar-refractivity contribution is -0.154. The molecule has 0 aliphatic heterocycles. The number of carbonyl (C=O) groups is 2. The van der Waals surface area contributed by atoms with Crippen LogP contribution in [0.1, 0.15) is 74.9 Å². The maximum atomic E-state index is 12.9. The normalized spacial score (nSPS) is 19.3. The third kappa shape index (κ3) is 5.29. The van der Waals surface area contributed by atoms with Crippen LogP contribution in [0.15, 0.2) is 5.38 Å². The van der Waals surface area contributed by atoms with Gasteiger partial charge in [-0.3, -0.25) is 9.59 Å². The van der Waals surface area contributed by atoms with Crippen LogP contribution in [-0.4, -0.2) is 40.5 Å². The summed E-state index contributed by atoms with van der Waals surface area (Å²) in [4.78, 5) is 31.4. The van der Waals surface area contributed by atoms with Crippen molar-refractivity contribution in [2.24, 2.45) is 0 Å². The second-order valence-electron chi connectivity index (χ2n) is 7.58. The van der Waals surface area contributed by atoms with E-state index in [0.29, 0.717) is 12.1 Å². The van der Waals surface area contributed by atoms with Crippen LogP contribution in [0.25, 0.3) is 0 Å². The van der Waals surface area contributed by atoms with E-state index in [4.69, 9.17) is 4.74 Å². The van der Waals surface area contributed by atoms with Gasteiger partial charge in [0.25, 0.3) is 5.91 Å². The number of hydrogen-bond acceptors (Lipinski definition) is 5. The number of hydrogen-bond donors (Lipinski definition) is 0. The summed E-state index contributed by atoms with van der Waals surface area (Å²) in [7, 11) is 0. The van der Waals surface area contributed by atoms with E-state index in [1.807, 2.05) is 12.3 Å². The highest BCUT2D eigenvalue weighted by atomic mass is 32.1. The van der Waals surface area contributed by atoms with Crippen molar-refractivity contribution in [3.05, 3.63) is 16.1 Å². The highest BCUT2D eigenvalue weighted by Crippen LogP contribution is 2.30. The lowest BCUT2D eigenvalue weighted by Crippen LogP contribution is -2.50. The van der Waals surface area contributed by atoms with Crippen molar-refractivity contribution in [2.45, 2.75) is 89.6 Å². The molecule has 0 bridgehead atoms. The van der Waals surface area contributed by atoms with Gasteiger partial charge in [-0.15, -0.1) is 11.3 Å². The zero-order chi connectivity index (χ0) is 18.4. The molecule has 0 spiro atoms. The Morgan fingerprint density at radius 2 is 1.65 bits per heavy atom. The van der Waals surface area contributed by atoms with Crippen LogP contribution in [0.2, 0.25) is 0 Å². The van der Waals surface area contributed by atoms with Crippen LogP contribution in [0.4, 0.5) is 0 Å². The maximum absolute atomic E-state index is 12.9. The van der Waals surface area contributed by atoms with E-state index in [2.05, 4.69) is 9.88 Å². The van der Waals surface area contributed by atoms with Gasteiger partial charge in [0.2, 0.25) is 0 Å². The van der Waals surface area contributed by atoms with Crippen LogP contribution in [0.3, 0.4) is 0 Å². The smallest absolute Gasteiger partial charge is 0.312 e. The molecule has 0 unspecified atom stereocenters. The number of nitrogens with zero attached hydrogens (tertiary/aromatic N) is 2. The monoisotopic (exact) mass is 378 g/mol. The Balaban J connectivity index is 1.56. The first kappa shape index (κ1) is 19.3. The SMILES string of the molecule is Cc1nc(CC(=O)OCC(=O)N(C2CCCCC2)C2CCCCC2)cs1. The Morgan fingerprint density at radius 1 is 1.08 bits per heavy atom. The summed E-state index contributed by atoms with van der Waals surface area (Å²) in [6.45, 7) is 1.78. The minimum absolute atomic E-state index is 0.00777. The molecule has 2 fully saturated rings. The summed E-state index contributed by atoms with van der Waals surface area (Å²) < 4.78 is 5.31. The van der Waals surface area contributed by atoms with Crippen molar-refractivity contribution < 1.29 is 14.3 Å². The zero-order valence-corrected chi connectivity index (χ0v) is 16.6. The molecule has 2 saturated carbocycles. The molecule has 0 N–H and O–H groups in total. The summed E-state index contributed by atoms with van der Waals surface area (Å²) in [5, 5.41) is 2.80. The molecule has 0 atom stereocenters. The van der Waals surface area contributed by atoms with Crippen molar-refractivity contribution in [3.8, 4) is 0 Å². The van der Waals surface area contributed by atoms with Gasteiger partial charge in [-0.05, 0) is 32.6 Å². The van der Waals surface area contributed by atoms with Gasteiger partial charge in [-0.25, -0.2) is 4.98 Å². The molecule has 5 nitrogen and oxygen atoms in total. The minimum atomic E-state index is -0.365. The van der Waals surface area contributed by atoms with Crippen LogP contribution in [-0.2, 0) is 20.7 Å². The number of aryl methyl sites for hydroxylation is 1. The largest absolute Gasteiger partial charge is 0.455 e. The molecule has 144 valence electrons. The molecule has 1 aromatic rings. The van der Waals surface area contributed by atoms with Crippen molar-refractivity contribution in [2.75, 3.05) is 6.61 Å². The number of carbonyl (C=O) groups excluding carboxylic acids is 2. The lowest BCUT2D eigenvalue weighted by atomic mass is 9.88. The summed E-state index contributed by atoms with van der Waals surface area (Å²) in [6.07, 6.45) is 11.8. The van der Waals surface area contributed by atoms with E-state index in [1.165, 1.54) is 49.9 Å². The highest BCUT2D eigenvalue weighted by molar-refractivity contribution is 7.09. The number of aromatic nitrogens is 1. The third-order valence-corrected chi connectivity index (χ3v) is 6.40. The first-order chi connectivity index (χ1) is 12.6. The van der Waals surface area contributed by atoms with Gasteiger partial charge in [-0.2, -0.15) is 0 Å². The first-order valence-corrected chi connectivity index (χ1v) is 10.9. The van der Waals surface area contributed by atoms with Gasteiger partial charge in [0.1, 0.15) is 0 Å². The van der Waals surface area contributed by atoms with Crippen molar-refractivity contribution in [1.82, 2.24) is 9.88 Å². The second kappa shape index (κ2) is 9.49. The Hall–Kier alpha value is -1.43. The summed E-state index contributed by atoms with van der Waals surface area (Å²) in [6, 6.07) is 0.665. The zero-order valence-electron chi connectivity index (χ0n) is 15.7. The number of ether oxygens (including phenoxy) is 1. The number of amides is 1. The van der Waals surface area contributed by atoms with Crippen molar-refractivity contribution >= 4 is 23.2 Å². The van der Waals surface area contributed by atoms with Gasteiger partial charge in [-0.1, -0.05) is 38.5 Å². The number of thiazole rings is 1. The van der Waals surface area contributed by atoms with Crippen LogP contribution in [0, 0.1) is 6.92 Å². The molecule has 0 radical (unpaired) electrons. The molecule has 1 heterocycles. The van der Waals surface area contributed by atoms with Crippen molar-refractivity contribution in [3.63, 3.8) is 0 Å². The first-order valence-electron chi connectivity index (χ1n) is 10.0. The molecule has 0 saturated heterocycles. The van der Waals surface area contributed by atoms with E-state index in [1.54, 1.807) is 0 Å². The minimum Gasteiger partial charge on any atom is -0.455 e. The Morgan fingerprint density at radius 3 is 2.15 bits per heavy atom. The molecule has 0 aromatic carbocycles. The van der Waals surface area contributed by atoms with E-state index < -0.39 is 0 Å². The quantitative estimate of drug-likeness (QED) is 0.701. The highest BCUT2D eigenvalue weighted by Gasteiger charge is 2.32. The number of rotatable bonds is 6. The number of esters is 1. The Bertz CT molecular complexity index is 586. The van der Waals surface area contributed by atoms with E-state index in [0.717, 1.165) is 36.4 Å². The summed E-state index contributed by atoms with van der Waals surface area (Å²) in [5.41, 5.74) is 0.723. The summed E-state index contributed by atoms with van der Waals surface area (Å²) >= 11 is 1.52.